The van der Waals surface area contributed by atoms with Crippen LogP contribution in [0.25, 0.3) is 0 Å². The molecule has 104 valence electrons. The molecule has 2 aromatic rings. The Morgan fingerprint density at radius 3 is 2.85 bits per heavy atom. The lowest BCUT2D eigenvalue weighted by Gasteiger charge is -2.29. The van der Waals surface area contributed by atoms with Gasteiger partial charge in [0.2, 0.25) is 0 Å². The third-order valence-corrected chi connectivity index (χ3v) is 4.09. The third kappa shape index (κ3) is 2.46. The Labute approximate surface area is 120 Å². The van der Waals surface area contributed by atoms with E-state index in [1.54, 1.807) is 0 Å². The van der Waals surface area contributed by atoms with Crippen molar-refractivity contribution < 1.29 is 0 Å². The second kappa shape index (κ2) is 5.33. The number of nitrogens with two attached hydrogens (primary N) is 1. The van der Waals surface area contributed by atoms with Gasteiger partial charge >= 0.3 is 0 Å². The van der Waals surface area contributed by atoms with E-state index in [0.29, 0.717) is 5.92 Å². The van der Waals surface area contributed by atoms with E-state index in [-0.39, 0.29) is 6.04 Å². The monoisotopic (exact) mass is 267 g/mol. The number of nitrogens with zero attached hydrogens (tertiary/aromatic N) is 2. The molecular formula is C17H21N3. The van der Waals surface area contributed by atoms with Gasteiger partial charge in [0.05, 0.1) is 0 Å². The highest BCUT2D eigenvalue weighted by Crippen LogP contribution is 2.38. The van der Waals surface area contributed by atoms with Crippen molar-refractivity contribution >= 4 is 0 Å². The molecule has 0 aliphatic heterocycles. The van der Waals surface area contributed by atoms with Crippen molar-refractivity contribution in [3.8, 4) is 0 Å². The van der Waals surface area contributed by atoms with E-state index in [2.05, 4.69) is 42.2 Å². The van der Waals surface area contributed by atoms with E-state index in [1.807, 2.05) is 6.92 Å². The molecule has 2 N–H and O–H groups in total. The van der Waals surface area contributed by atoms with Gasteiger partial charge in [-0.1, -0.05) is 31.2 Å². The van der Waals surface area contributed by atoms with Crippen LogP contribution in [-0.4, -0.2) is 16.0 Å². The number of benzene rings is 1. The van der Waals surface area contributed by atoms with E-state index in [1.165, 1.54) is 11.1 Å². The summed E-state index contributed by atoms with van der Waals surface area (Å²) in [5.74, 6) is 1.32. The second-order valence-corrected chi connectivity index (χ2v) is 5.69. The fraction of sp³-hybridized carbons (Fsp3) is 0.412. The molecule has 0 bridgehead atoms. The van der Waals surface area contributed by atoms with Crippen LogP contribution in [0.15, 0.2) is 30.3 Å². The first-order chi connectivity index (χ1) is 9.67. The van der Waals surface area contributed by atoms with Crippen molar-refractivity contribution in [3.05, 3.63) is 58.7 Å². The number of aromatic nitrogens is 2. The fourth-order valence-corrected chi connectivity index (χ4v) is 2.82. The summed E-state index contributed by atoms with van der Waals surface area (Å²) in [6.45, 7) is 4.15. The van der Waals surface area contributed by atoms with Crippen LogP contribution in [-0.2, 0) is 12.8 Å². The van der Waals surface area contributed by atoms with Crippen LogP contribution in [0.4, 0.5) is 0 Å². The topological polar surface area (TPSA) is 51.8 Å². The Morgan fingerprint density at radius 2 is 2.10 bits per heavy atom. The molecule has 0 radical (unpaired) electrons. The molecule has 0 saturated heterocycles. The van der Waals surface area contributed by atoms with E-state index >= 15 is 0 Å². The fourth-order valence-electron chi connectivity index (χ4n) is 2.82. The minimum absolute atomic E-state index is 0.186. The minimum atomic E-state index is 0.186. The van der Waals surface area contributed by atoms with Gasteiger partial charge in [0.1, 0.15) is 5.82 Å². The summed E-state index contributed by atoms with van der Waals surface area (Å²) in [5, 5.41) is 0. The highest BCUT2D eigenvalue weighted by atomic mass is 14.9. The lowest BCUT2D eigenvalue weighted by molar-refractivity contribution is 0.613. The summed E-state index contributed by atoms with van der Waals surface area (Å²) < 4.78 is 0. The molecule has 3 nitrogen and oxygen atoms in total. The molecule has 20 heavy (non-hydrogen) atoms. The smallest absolute Gasteiger partial charge is 0.136 e. The predicted octanol–water partition coefficient (Wildman–Crippen LogP) is 2.75. The van der Waals surface area contributed by atoms with Crippen LogP contribution in [0.1, 0.15) is 47.6 Å². The van der Waals surface area contributed by atoms with E-state index < -0.39 is 0 Å². The van der Waals surface area contributed by atoms with Crippen LogP contribution in [0, 0.1) is 6.92 Å². The number of hydrogen-bond acceptors (Lipinski definition) is 3. The van der Waals surface area contributed by atoms with Gasteiger partial charge < -0.3 is 5.73 Å². The number of fused-ring (bicyclic) bond motifs is 1. The van der Waals surface area contributed by atoms with Gasteiger partial charge in [0.15, 0.2) is 0 Å². The summed E-state index contributed by atoms with van der Waals surface area (Å²) >= 11 is 0. The van der Waals surface area contributed by atoms with Gasteiger partial charge in [-0.3, -0.25) is 0 Å². The molecule has 1 aromatic heterocycles. The van der Waals surface area contributed by atoms with E-state index in [0.717, 1.165) is 36.5 Å². The number of aryl methyl sites for hydroxylation is 1. The van der Waals surface area contributed by atoms with Crippen LogP contribution in [0.2, 0.25) is 0 Å². The first-order valence-corrected chi connectivity index (χ1v) is 7.35. The summed E-state index contributed by atoms with van der Waals surface area (Å²) in [6, 6.07) is 10.8. The Hall–Kier alpha value is -1.74. The summed E-state index contributed by atoms with van der Waals surface area (Å²) in [7, 11) is 0. The zero-order valence-electron chi connectivity index (χ0n) is 12.1. The van der Waals surface area contributed by atoms with Gasteiger partial charge in [-0.2, -0.15) is 0 Å². The molecular weight excluding hydrogens is 246 g/mol. The molecule has 3 heteroatoms. The van der Waals surface area contributed by atoms with Crippen LogP contribution >= 0.6 is 0 Å². The summed E-state index contributed by atoms with van der Waals surface area (Å²) in [5.41, 5.74) is 11.0. The quantitative estimate of drug-likeness (QED) is 0.926. The van der Waals surface area contributed by atoms with Crippen LogP contribution in [0.3, 0.4) is 0 Å². The molecule has 0 spiro atoms. The molecule has 0 amide bonds. The Balaban J connectivity index is 1.88. The van der Waals surface area contributed by atoms with Gasteiger partial charge in [0, 0.05) is 29.8 Å². The molecule has 1 aliphatic rings. The standard InChI is InChI=1S/C17H21N3/c1-3-13(18)10-14-8-11(2)19-17(20-14)16-9-12-6-4-5-7-15(12)16/h4-8,13,16H,3,9-10,18H2,1-2H3. The predicted molar refractivity (Wildman–Crippen MR) is 80.7 cm³/mol. The molecule has 2 unspecified atom stereocenters. The van der Waals surface area contributed by atoms with Gasteiger partial charge in [-0.25, -0.2) is 9.97 Å². The van der Waals surface area contributed by atoms with E-state index in [4.69, 9.17) is 10.7 Å². The van der Waals surface area contributed by atoms with E-state index in [9.17, 15) is 0 Å². The molecule has 0 saturated carbocycles. The van der Waals surface area contributed by atoms with Crippen molar-refractivity contribution in [2.45, 2.75) is 45.1 Å². The van der Waals surface area contributed by atoms with Crippen molar-refractivity contribution in [1.82, 2.24) is 9.97 Å². The molecule has 0 fully saturated rings. The zero-order valence-corrected chi connectivity index (χ0v) is 12.1. The molecule has 1 aliphatic carbocycles. The molecule has 2 atom stereocenters. The van der Waals surface area contributed by atoms with Gasteiger partial charge in [0.25, 0.3) is 0 Å². The molecule has 3 rings (SSSR count). The van der Waals surface area contributed by atoms with Crippen molar-refractivity contribution in [2.24, 2.45) is 5.73 Å². The average molecular weight is 267 g/mol. The summed E-state index contributed by atoms with van der Waals surface area (Å²) in [4.78, 5) is 9.39. The van der Waals surface area contributed by atoms with Gasteiger partial charge in [-0.05, 0) is 37.0 Å². The Kier molecular flexibility index (Phi) is 3.53. The van der Waals surface area contributed by atoms with Crippen molar-refractivity contribution in [3.63, 3.8) is 0 Å². The first kappa shape index (κ1) is 13.3. The average Bonchev–Trinajstić information content (AvgIpc) is 2.39. The maximum Gasteiger partial charge on any atom is 0.136 e. The zero-order chi connectivity index (χ0) is 14.1. The third-order valence-electron chi connectivity index (χ3n) is 4.09. The second-order valence-electron chi connectivity index (χ2n) is 5.69. The van der Waals surface area contributed by atoms with Crippen molar-refractivity contribution in [1.29, 1.82) is 0 Å². The highest BCUT2D eigenvalue weighted by Gasteiger charge is 2.29. The van der Waals surface area contributed by atoms with Crippen LogP contribution < -0.4 is 5.73 Å². The first-order valence-electron chi connectivity index (χ1n) is 7.35. The highest BCUT2D eigenvalue weighted by molar-refractivity contribution is 5.44. The maximum absolute atomic E-state index is 6.04. The summed E-state index contributed by atoms with van der Waals surface area (Å²) in [6.07, 6.45) is 2.87. The Morgan fingerprint density at radius 1 is 1.30 bits per heavy atom. The molecule has 1 heterocycles. The van der Waals surface area contributed by atoms with Crippen LogP contribution in [0.5, 0.6) is 0 Å². The number of rotatable bonds is 4. The Bertz CT molecular complexity index is 621. The minimum Gasteiger partial charge on any atom is -0.327 e. The number of hydrogen-bond donors (Lipinski definition) is 1. The van der Waals surface area contributed by atoms with Crippen molar-refractivity contribution in [2.75, 3.05) is 0 Å². The normalized spacial score (nSPS) is 18.2. The SMILES string of the molecule is CCC(N)Cc1cc(C)nc(C2Cc3ccccc32)n1. The lowest BCUT2D eigenvalue weighted by Crippen LogP contribution is -2.24. The maximum atomic E-state index is 6.04. The lowest BCUT2D eigenvalue weighted by atomic mass is 9.77. The largest absolute Gasteiger partial charge is 0.327 e. The van der Waals surface area contributed by atoms with Gasteiger partial charge in [-0.15, -0.1) is 0 Å². The molecule has 1 aromatic carbocycles.